The molecule has 2 heterocycles. The highest BCUT2D eigenvalue weighted by molar-refractivity contribution is 6.29. The molecule has 7 heteroatoms. The topological polar surface area (TPSA) is 94.9 Å². The average molecular weight is 257 g/mol. The molecule has 1 aliphatic rings. The van der Waals surface area contributed by atoms with E-state index in [0.29, 0.717) is 10.3 Å². The number of rotatable bonds is 2. The highest BCUT2D eigenvalue weighted by atomic mass is 35.5. The highest BCUT2D eigenvalue weighted by Gasteiger charge is 2.45. The lowest BCUT2D eigenvalue weighted by atomic mass is 10.2. The number of hydrogen-bond acceptors (Lipinski definition) is 4. The maximum atomic E-state index is 11.5. The molecule has 17 heavy (non-hydrogen) atoms. The van der Waals surface area contributed by atoms with Gasteiger partial charge in [0.05, 0.1) is 19.7 Å². The summed E-state index contributed by atoms with van der Waals surface area (Å²) in [5, 5.41) is 0.280. The molecule has 1 aromatic heterocycles. The molecule has 1 fully saturated rings. The Hall–Kier alpha value is -1.40. The van der Waals surface area contributed by atoms with Crippen molar-refractivity contribution in [3.05, 3.63) is 11.2 Å². The van der Waals surface area contributed by atoms with Crippen molar-refractivity contribution in [2.45, 2.75) is 18.9 Å². The highest BCUT2D eigenvalue weighted by Crippen LogP contribution is 2.32. The molecule has 0 radical (unpaired) electrons. The van der Waals surface area contributed by atoms with Crippen LogP contribution in [-0.2, 0) is 4.79 Å². The second-order valence-electron chi connectivity index (χ2n) is 4.46. The number of nitrogen functional groups attached to an aromatic ring is 1. The summed E-state index contributed by atoms with van der Waals surface area (Å²) in [4.78, 5) is 19.4. The zero-order valence-corrected chi connectivity index (χ0v) is 10.3. The minimum absolute atomic E-state index is 0.113. The van der Waals surface area contributed by atoms with Gasteiger partial charge in [-0.2, -0.15) is 4.98 Å². The van der Waals surface area contributed by atoms with Gasteiger partial charge >= 0.3 is 0 Å². The number of halogens is 1. The van der Waals surface area contributed by atoms with Gasteiger partial charge in [-0.15, -0.1) is 0 Å². The van der Waals surface area contributed by atoms with Crippen molar-refractivity contribution in [2.24, 2.45) is 5.73 Å². The van der Waals surface area contributed by atoms with Crippen LogP contribution in [0, 0.1) is 0 Å². The lowest BCUT2D eigenvalue weighted by Gasteiger charge is -2.32. The van der Waals surface area contributed by atoms with E-state index >= 15 is 0 Å². The van der Waals surface area contributed by atoms with E-state index in [0.717, 1.165) is 19.4 Å². The Morgan fingerprint density at radius 1 is 1.59 bits per heavy atom. The zero-order chi connectivity index (χ0) is 12.6. The molecule has 0 aromatic carbocycles. The van der Waals surface area contributed by atoms with Gasteiger partial charge in [-0.3, -0.25) is 9.28 Å². The Balaban J connectivity index is 2.46. The first-order chi connectivity index (χ1) is 7.93. The van der Waals surface area contributed by atoms with Crippen molar-refractivity contribution in [1.82, 2.24) is 14.5 Å². The van der Waals surface area contributed by atoms with Gasteiger partial charge in [0.15, 0.2) is 6.04 Å². The number of likely N-dealkylation sites (tertiary alicyclic amines) is 1. The summed E-state index contributed by atoms with van der Waals surface area (Å²) in [6, 6.07) is 1.36. The first-order valence-electron chi connectivity index (χ1n) is 5.38. The number of hydrogen-bond donors (Lipinski definition) is 2. The quantitative estimate of drug-likeness (QED) is 0.588. The van der Waals surface area contributed by atoms with Crippen molar-refractivity contribution in [1.29, 1.82) is 0 Å². The van der Waals surface area contributed by atoms with Crippen molar-refractivity contribution in [2.75, 3.05) is 19.3 Å². The van der Waals surface area contributed by atoms with E-state index in [9.17, 15) is 4.79 Å². The first kappa shape index (κ1) is 12.1. The molecular weight excluding hydrogens is 242 g/mol. The summed E-state index contributed by atoms with van der Waals surface area (Å²) in [6.07, 6.45) is 1.68. The Bertz CT molecular complexity index is 446. The summed E-state index contributed by atoms with van der Waals surface area (Å²) in [7, 11) is 1.92. The van der Waals surface area contributed by atoms with Crippen LogP contribution >= 0.6 is 11.6 Å². The normalized spacial score (nSPS) is 28.2. The maximum Gasteiger partial charge on any atom is 0.276 e. The van der Waals surface area contributed by atoms with Gasteiger partial charge in [0.25, 0.3) is 5.91 Å². The molecule has 1 aliphatic heterocycles. The molecule has 0 spiro atoms. The molecule has 2 rings (SSSR count). The Morgan fingerprint density at radius 2 is 2.29 bits per heavy atom. The first-order valence-corrected chi connectivity index (χ1v) is 5.76. The molecule has 1 aromatic rings. The van der Waals surface area contributed by atoms with Crippen LogP contribution in [0.15, 0.2) is 6.07 Å². The number of nitrogens with zero attached hydrogens (tertiary/aromatic N) is 3. The van der Waals surface area contributed by atoms with E-state index in [1.807, 2.05) is 7.05 Å². The van der Waals surface area contributed by atoms with Gasteiger partial charge in [-0.25, -0.2) is 4.98 Å². The average Bonchev–Trinajstić information content (AvgIpc) is 2.60. The number of likely N-dealkylation sites (N-methyl/N-ethyl adjacent to an activating group) is 1. The van der Waals surface area contributed by atoms with Crippen molar-refractivity contribution < 1.29 is 4.79 Å². The number of quaternary nitrogens is 1. The van der Waals surface area contributed by atoms with Crippen LogP contribution in [0.2, 0.25) is 5.15 Å². The van der Waals surface area contributed by atoms with E-state index in [4.69, 9.17) is 23.1 Å². The van der Waals surface area contributed by atoms with Gasteiger partial charge in [0.1, 0.15) is 5.15 Å². The zero-order valence-electron chi connectivity index (χ0n) is 9.56. The van der Waals surface area contributed by atoms with E-state index < -0.39 is 0 Å². The number of nitrogens with two attached hydrogens (primary N) is 2. The monoisotopic (exact) mass is 256 g/mol. The van der Waals surface area contributed by atoms with E-state index in [1.165, 1.54) is 0 Å². The molecule has 4 N–H and O–H groups in total. The van der Waals surface area contributed by atoms with Gasteiger partial charge in [-0.1, -0.05) is 11.6 Å². The molecule has 0 bridgehead atoms. The molecule has 0 aliphatic carbocycles. The van der Waals surface area contributed by atoms with Gasteiger partial charge < -0.3 is 11.5 Å². The van der Waals surface area contributed by atoms with Crippen LogP contribution in [-0.4, -0.2) is 35.5 Å². The molecule has 1 unspecified atom stereocenters. The molecule has 2 atom stereocenters. The Labute approximate surface area is 104 Å². The summed E-state index contributed by atoms with van der Waals surface area (Å²) < 4.78 is 0.349. The number of aromatic nitrogens is 2. The SMILES string of the molecule is C[N+]1(c2cc(Cl)nc(N)n2)CCC[C@H]1C(N)=O. The number of primary amides is 1. The number of anilines is 1. The molecule has 0 saturated carbocycles. The number of carbonyl (C=O) groups is 1. The summed E-state index contributed by atoms with van der Waals surface area (Å²) in [5.74, 6) is 0.434. The largest absolute Gasteiger partial charge is 0.368 e. The van der Waals surface area contributed by atoms with E-state index in [1.54, 1.807) is 6.07 Å². The minimum Gasteiger partial charge on any atom is -0.368 e. The fraction of sp³-hybridized carbons (Fsp3) is 0.500. The standard InChI is InChI=1S/C10H14ClN5O/c1-16(4-2-3-6(16)9(12)17)8-5-7(11)14-10(13)15-8/h5-6H,2-4H2,1H3,(H3-,12,13,14,15,17)/p+1/t6-,16?/m0/s1. The van der Waals surface area contributed by atoms with Crippen LogP contribution in [0.4, 0.5) is 11.8 Å². The summed E-state index contributed by atoms with van der Waals surface area (Å²) in [5.41, 5.74) is 11.0. The summed E-state index contributed by atoms with van der Waals surface area (Å²) >= 11 is 5.86. The lowest BCUT2D eigenvalue weighted by Crippen LogP contribution is -2.55. The molecule has 1 amide bonds. The third-order valence-electron chi connectivity index (χ3n) is 3.34. The fourth-order valence-electron chi connectivity index (χ4n) is 2.44. The van der Waals surface area contributed by atoms with Crippen LogP contribution in [0.1, 0.15) is 12.8 Å². The minimum atomic E-state index is -0.321. The third kappa shape index (κ3) is 2.05. The Kier molecular flexibility index (Phi) is 2.92. The fourth-order valence-corrected chi connectivity index (χ4v) is 2.62. The van der Waals surface area contributed by atoms with Crippen molar-refractivity contribution >= 4 is 29.3 Å². The van der Waals surface area contributed by atoms with Gasteiger partial charge in [-0.05, 0) is 0 Å². The summed E-state index contributed by atoms with van der Waals surface area (Å²) in [6.45, 7) is 0.792. The van der Waals surface area contributed by atoms with Gasteiger partial charge in [0, 0.05) is 12.8 Å². The van der Waals surface area contributed by atoms with Crippen LogP contribution in [0.3, 0.4) is 0 Å². The van der Waals surface area contributed by atoms with E-state index in [-0.39, 0.29) is 23.1 Å². The number of carbonyl (C=O) groups excluding carboxylic acids is 1. The van der Waals surface area contributed by atoms with E-state index in [2.05, 4.69) is 9.97 Å². The van der Waals surface area contributed by atoms with Crippen LogP contribution in [0.5, 0.6) is 0 Å². The Morgan fingerprint density at radius 3 is 2.88 bits per heavy atom. The molecule has 6 nitrogen and oxygen atoms in total. The number of amides is 1. The predicted octanol–water partition coefficient (Wildman–Crippen LogP) is 0.297. The smallest absolute Gasteiger partial charge is 0.276 e. The van der Waals surface area contributed by atoms with Crippen molar-refractivity contribution in [3.8, 4) is 0 Å². The lowest BCUT2D eigenvalue weighted by molar-refractivity contribution is -0.121. The third-order valence-corrected chi connectivity index (χ3v) is 3.53. The second-order valence-corrected chi connectivity index (χ2v) is 4.85. The van der Waals surface area contributed by atoms with Crippen LogP contribution in [0.25, 0.3) is 0 Å². The predicted molar refractivity (Wildman–Crippen MR) is 66.3 cm³/mol. The maximum absolute atomic E-state index is 11.5. The molecular formula is C10H15ClN5O+. The van der Waals surface area contributed by atoms with Crippen LogP contribution < -0.4 is 16.0 Å². The molecule has 1 saturated heterocycles. The van der Waals surface area contributed by atoms with Gasteiger partial charge in [0.2, 0.25) is 11.8 Å². The van der Waals surface area contributed by atoms with Crippen molar-refractivity contribution in [3.63, 3.8) is 0 Å². The second kappa shape index (κ2) is 4.12. The molecule has 92 valence electrons.